The van der Waals surface area contributed by atoms with Crippen LogP contribution in [0.4, 0.5) is 0 Å². The van der Waals surface area contributed by atoms with Gasteiger partial charge in [0.15, 0.2) is 0 Å². The average molecular weight is 598 g/mol. The molecule has 0 aliphatic heterocycles. The lowest BCUT2D eigenvalue weighted by Crippen LogP contribution is -1.91. The number of hydrogen-bond acceptors (Lipinski definition) is 2. The van der Waals surface area contributed by atoms with Crippen LogP contribution >= 0.6 is 0 Å². The van der Waals surface area contributed by atoms with Crippen molar-refractivity contribution in [3.63, 3.8) is 0 Å². The van der Waals surface area contributed by atoms with Crippen molar-refractivity contribution >= 4 is 65.0 Å². The second-order valence-electron chi connectivity index (χ2n) is 12.3. The maximum Gasteiger partial charge on any atom is 0.136 e. The molecule has 0 bridgehead atoms. The maximum atomic E-state index is 6.36. The molecule has 0 radical (unpaired) electrons. The highest BCUT2D eigenvalue weighted by atomic mass is 16.3. The number of pyridine rings is 1. The lowest BCUT2D eigenvalue weighted by Gasteiger charge is -2.18. The van der Waals surface area contributed by atoms with Crippen LogP contribution in [0.2, 0.25) is 0 Å². The number of nitrogens with zero attached hydrogens (tertiary/aromatic N) is 1. The summed E-state index contributed by atoms with van der Waals surface area (Å²) >= 11 is 0. The minimum absolute atomic E-state index is 0.883. The summed E-state index contributed by atoms with van der Waals surface area (Å²) in [5.74, 6) is 0. The van der Waals surface area contributed by atoms with Gasteiger partial charge in [0.2, 0.25) is 0 Å². The van der Waals surface area contributed by atoms with Crippen LogP contribution in [0.25, 0.3) is 98.4 Å². The molecule has 2 aromatic heterocycles. The predicted octanol–water partition coefficient (Wildman–Crippen LogP) is 12.6. The molecule has 2 heterocycles. The Morgan fingerprint density at radius 1 is 0.383 bits per heavy atom. The number of benzene rings is 8. The van der Waals surface area contributed by atoms with Crippen molar-refractivity contribution < 1.29 is 4.42 Å². The predicted molar refractivity (Wildman–Crippen MR) is 198 cm³/mol. The zero-order valence-electron chi connectivity index (χ0n) is 25.4. The summed E-state index contributed by atoms with van der Waals surface area (Å²) in [6.07, 6.45) is 3.74. The highest BCUT2D eigenvalue weighted by molar-refractivity contribution is 6.22. The highest BCUT2D eigenvalue weighted by Gasteiger charge is 2.18. The molecule has 0 spiro atoms. The van der Waals surface area contributed by atoms with Crippen molar-refractivity contribution in [2.24, 2.45) is 0 Å². The first-order valence-corrected chi connectivity index (χ1v) is 16.0. The smallest absolute Gasteiger partial charge is 0.136 e. The van der Waals surface area contributed by atoms with Crippen molar-refractivity contribution in [2.45, 2.75) is 0 Å². The molecule has 2 nitrogen and oxygen atoms in total. The van der Waals surface area contributed by atoms with E-state index < -0.39 is 0 Å². The minimum atomic E-state index is 0.883. The number of furan rings is 1. The van der Waals surface area contributed by atoms with Gasteiger partial charge in [0.25, 0.3) is 0 Å². The summed E-state index contributed by atoms with van der Waals surface area (Å²) < 4.78 is 6.36. The zero-order valence-corrected chi connectivity index (χ0v) is 25.4. The Labute approximate surface area is 271 Å². The SMILES string of the molecule is c1ccc2cc(-c3c4ccccc4c(-c4ccc(-c5cccc6oc7cc8cnccc8cc7c56)cc4)c4ccccc34)ccc2c1. The molecule has 8 aromatic carbocycles. The van der Waals surface area contributed by atoms with E-state index in [-0.39, 0.29) is 0 Å². The third-order valence-electron chi connectivity index (χ3n) is 9.71. The molecule has 10 aromatic rings. The molecule has 47 heavy (non-hydrogen) atoms. The fourth-order valence-corrected chi connectivity index (χ4v) is 7.56. The lowest BCUT2D eigenvalue weighted by atomic mass is 9.85. The Hall–Kier alpha value is -6.25. The Kier molecular flexibility index (Phi) is 5.61. The highest BCUT2D eigenvalue weighted by Crippen LogP contribution is 2.45. The third-order valence-corrected chi connectivity index (χ3v) is 9.71. The summed E-state index contributed by atoms with van der Waals surface area (Å²) in [6.45, 7) is 0. The maximum absolute atomic E-state index is 6.36. The lowest BCUT2D eigenvalue weighted by molar-refractivity contribution is 0.669. The Bertz CT molecular complexity index is 2780. The van der Waals surface area contributed by atoms with E-state index in [1.165, 1.54) is 65.7 Å². The molecule has 0 saturated heterocycles. The van der Waals surface area contributed by atoms with E-state index in [0.29, 0.717) is 0 Å². The normalized spacial score (nSPS) is 11.8. The summed E-state index contributed by atoms with van der Waals surface area (Å²) in [6, 6.07) is 55.0. The second-order valence-corrected chi connectivity index (χ2v) is 12.3. The van der Waals surface area contributed by atoms with Crippen LogP contribution in [0, 0.1) is 0 Å². The van der Waals surface area contributed by atoms with Crippen LogP contribution in [-0.4, -0.2) is 4.98 Å². The quantitative estimate of drug-likeness (QED) is 0.189. The molecule has 2 heteroatoms. The van der Waals surface area contributed by atoms with Crippen LogP contribution < -0.4 is 0 Å². The molecule has 0 saturated carbocycles. The number of rotatable bonds is 3. The molecule has 0 N–H and O–H groups in total. The monoisotopic (exact) mass is 597 g/mol. The minimum Gasteiger partial charge on any atom is -0.456 e. The first-order valence-electron chi connectivity index (χ1n) is 16.0. The van der Waals surface area contributed by atoms with Crippen LogP contribution in [0.5, 0.6) is 0 Å². The standard InChI is InChI=1S/C45H27NO/c1-2-9-31-24-33(21-16-28(31)8-1)44-38-12-5-3-10-36(38)43(37-11-4-6-13-39(37)44)30-19-17-29(18-20-30)35-14-7-15-41-45(35)40-25-32-22-23-46-27-34(32)26-42(40)47-41/h1-27H. The van der Waals surface area contributed by atoms with Gasteiger partial charge in [-0.15, -0.1) is 0 Å². The first kappa shape index (κ1) is 26.0. The van der Waals surface area contributed by atoms with Crippen molar-refractivity contribution in [1.29, 1.82) is 0 Å². The molecule has 0 fully saturated rings. The van der Waals surface area contributed by atoms with Gasteiger partial charge in [-0.05, 0) is 101 Å². The van der Waals surface area contributed by atoms with Gasteiger partial charge in [0.1, 0.15) is 11.2 Å². The molecule has 0 aliphatic carbocycles. The second kappa shape index (κ2) is 10.1. The number of aromatic nitrogens is 1. The van der Waals surface area contributed by atoms with E-state index in [9.17, 15) is 0 Å². The van der Waals surface area contributed by atoms with Gasteiger partial charge < -0.3 is 4.42 Å². The number of hydrogen-bond donors (Lipinski definition) is 0. The van der Waals surface area contributed by atoms with Crippen molar-refractivity contribution in [2.75, 3.05) is 0 Å². The fourth-order valence-electron chi connectivity index (χ4n) is 7.56. The van der Waals surface area contributed by atoms with Gasteiger partial charge in [-0.2, -0.15) is 0 Å². The summed E-state index contributed by atoms with van der Waals surface area (Å²) in [5.41, 5.74) is 9.10. The van der Waals surface area contributed by atoms with Crippen LogP contribution in [0.1, 0.15) is 0 Å². The van der Waals surface area contributed by atoms with E-state index in [1.807, 2.05) is 12.4 Å². The third kappa shape index (κ3) is 4.02. The van der Waals surface area contributed by atoms with Gasteiger partial charge in [-0.25, -0.2) is 0 Å². The van der Waals surface area contributed by atoms with Gasteiger partial charge >= 0.3 is 0 Å². The van der Waals surface area contributed by atoms with Crippen molar-refractivity contribution in [3.05, 3.63) is 164 Å². The zero-order chi connectivity index (χ0) is 30.9. The Morgan fingerprint density at radius 3 is 1.74 bits per heavy atom. The van der Waals surface area contributed by atoms with Crippen molar-refractivity contribution in [1.82, 2.24) is 4.98 Å². The number of fused-ring (bicyclic) bond motifs is 7. The topological polar surface area (TPSA) is 26.0 Å². The van der Waals surface area contributed by atoms with Gasteiger partial charge in [-0.1, -0.05) is 121 Å². The Morgan fingerprint density at radius 2 is 1.00 bits per heavy atom. The van der Waals surface area contributed by atoms with E-state index in [0.717, 1.165) is 32.7 Å². The molecule has 218 valence electrons. The molecule has 0 amide bonds. The van der Waals surface area contributed by atoms with E-state index in [2.05, 4.69) is 157 Å². The van der Waals surface area contributed by atoms with Gasteiger partial charge in [-0.3, -0.25) is 4.98 Å². The molecule has 0 aliphatic rings. The summed E-state index contributed by atoms with van der Waals surface area (Å²) in [5, 5.41) is 12.1. The Balaban J connectivity index is 1.17. The fraction of sp³-hybridized carbons (Fsp3) is 0. The van der Waals surface area contributed by atoms with Gasteiger partial charge in [0, 0.05) is 28.6 Å². The van der Waals surface area contributed by atoms with Crippen LogP contribution in [0.15, 0.2) is 168 Å². The van der Waals surface area contributed by atoms with Crippen LogP contribution in [-0.2, 0) is 0 Å². The van der Waals surface area contributed by atoms with E-state index in [4.69, 9.17) is 4.42 Å². The molecule has 10 rings (SSSR count). The van der Waals surface area contributed by atoms with Gasteiger partial charge in [0.05, 0.1) is 0 Å². The average Bonchev–Trinajstić information content (AvgIpc) is 3.50. The van der Waals surface area contributed by atoms with E-state index in [1.54, 1.807) is 0 Å². The first-order chi connectivity index (χ1) is 23.3. The largest absolute Gasteiger partial charge is 0.456 e. The summed E-state index contributed by atoms with van der Waals surface area (Å²) in [4.78, 5) is 4.30. The molecular weight excluding hydrogens is 571 g/mol. The van der Waals surface area contributed by atoms with E-state index >= 15 is 0 Å². The summed E-state index contributed by atoms with van der Waals surface area (Å²) in [7, 11) is 0. The van der Waals surface area contributed by atoms with Crippen molar-refractivity contribution in [3.8, 4) is 33.4 Å². The molecule has 0 atom stereocenters. The molecule has 0 unspecified atom stereocenters. The molecular formula is C45H27NO. The van der Waals surface area contributed by atoms with Crippen LogP contribution in [0.3, 0.4) is 0 Å².